The zero-order valence-corrected chi connectivity index (χ0v) is 11.6. The number of hydrogen-bond donors (Lipinski definition) is 1. The van der Waals surface area contributed by atoms with Crippen LogP contribution in [0.5, 0.6) is 5.75 Å². The Balaban J connectivity index is 2.00. The van der Waals surface area contributed by atoms with Crippen molar-refractivity contribution in [3.8, 4) is 5.75 Å². The normalized spacial score (nSPS) is 23.9. The Labute approximate surface area is 114 Å². The highest BCUT2D eigenvalue weighted by molar-refractivity contribution is 6.31. The van der Waals surface area contributed by atoms with Crippen LogP contribution >= 0.6 is 11.6 Å². The molecular formula is C15H21ClO2. The lowest BCUT2D eigenvalue weighted by Gasteiger charge is -2.29. The van der Waals surface area contributed by atoms with E-state index in [-0.39, 0.29) is 12.7 Å². The highest BCUT2D eigenvalue weighted by Crippen LogP contribution is 2.32. The minimum absolute atomic E-state index is 0.0701. The smallest absolute Gasteiger partial charge is 0.126 e. The van der Waals surface area contributed by atoms with Gasteiger partial charge in [-0.1, -0.05) is 31.0 Å². The molecule has 0 radical (unpaired) electrons. The molecule has 100 valence electrons. The summed E-state index contributed by atoms with van der Waals surface area (Å²) in [5.74, 6) is 1.60. The summed E-state index contributed by atoms with van der Waals surface area (Å²) in [5, 5.41) is 9.93. The van der Waals surface area contributed by atoms with Gasteiger partial charge in [-0.25, -0.2) is 0 Å². The summed E-state index contributed by atoms with van der Waals surface area (Å²) in [4.78, 5) is 0. The van der Waals surface area contributed by atoms with Crippen molar-refractivity contribution in [2.24, 2.45) is 5.92 Å². The Morgan fingerprint density at radius 3 is 2.61 bits per heavy atom. The Kier molecular flexibility index (Phi) is 4.90. The maximum absolute atomic E-state index is 9.34. The zero-order chi connectivity index (χ0) is 13.0. The van der Waals surface area contributed by atoms with E-state index in [1.165, 1.54) is 19.3 Å². The van der Waals surface area contributed by atoms with Gasteiger partial charge in [-0.2, -0.15) is 0 Å². The highest BCUT2D eigenvalue weighted by Gasteiger charge is 2.22. The Hall–Kier alpha value is -0.730. The summed E-state index contributed by atoms with van der Waals surface area (Å²) < 4.78 is 6.01. The van der Waals surface area contributed by atoms with Gasteiger partial charge in [-0.15, -0.1) is 0 Å². The molecule has 2 nitrogen and oxygen atoms in total. The second-order valence-electron chi connectivity index (χ2n) is 5.04. The van der Waals surface area contributed by atoms with Gasteiger partial charge in [0.05, 0.1) is 12.7 Å². The second kappa shape index (κ2) is 6.44. The van der Waals surface area contributed by atoms with Crippen molar-refractivity contribution in [2.45, 2.75) is 51.7 Å². The lowest BCUT2D eigenvalue weighted by atomic mass is 9.86. The fourth-order valence-electron chi connectivity index (χ4n) is 2.64. The summed E-state index contributed by atoms with van der Waals surface area (Å²) >= 11 is 6.05. The maximum atomic E-state index is 9.34. The third kappa shape index (κ3) is 3.18. The molecule has 1 aliphatic rings. The molecule has 0 unspecified atom stereocenters. The zero-order valence-electron chi connectivity index (χ0n) is 10.9. The van der Waals surface area contributed by atoms with E-state index in [1.807, 2.05) is 12.1 Å². The molecule has 0 spiro atoms. The van der Waals surface area contributed by atoms with Crippen LogP contribution < -0.4 is 4.74 Å². The van der Waals surface area contributed by atoms with Gasteiger partial charge in [0, 0.05) is 10.6 Å². The Bertz CT molecular complexity index is 384. The van der Waals surface area contributed by atoms with E-state index < -0.39 is 0 Å². The van der Waals surface area contributed by atoms with E-state index in [2.05, 4.69) is 6.92 Å². The van der Waals surface area contributed by atoms with Gasteiger partial charge in [0.1, 0.15) is 5.75 Å². The summed E-state index contributed by atoms with van der Waals surface area (Å²) in [5.41, 5.74) is 0.705. The minimum atomic E-state index is -0.0701. The quantitative estimate of drug-likeness (QED) is 0.888. The van der Waals surface area contributed by atoms with Crippen LogP contribution in [0.1, 0.15) is 44.6 Å². The fourth-order valence-corrected chi connectivity index (χ4v) is 2.87. The van der Waals surface area contributed by atoms with Crippen molar-refractivity contribution >= 4 is 11.6 Å². The first-order valence-corrected chi connectivity index (χ1v) is 7.17. The highest BCUT2D eigenvalue weighted by atomic mass is 35.5. The SMILES string of the molecule is CCC1CCC(Oc2cccc(Cl)c2CO)CC1. The first-order valence-electron chi connectivity index (χ1n) is 6.79. The molecule has 1 aliphatic carbocycles. The van der Waals surface area contributed by atoms with Crippen molar-refractivity contribution < 1.29 is 9.84 Å². The first kappa shape index (κ1) is 13.7. The molecule has 1 N–H and O–H groups in total. The Morgan fingerprint density at radius 2 is 2.00 bits per heavy atom. The number of ether oxygens (including phenoxy) is 1. The van der Waals surface area contributed by atoms with Crippen LogP contribution in [0.2, 0.25) is 5.02 Å². The molecular weight excluding hydrogens is 248 g/mol. The molecule has 1 saturated carbocycles. The van der Waals surface area contributed by atoms with Crippen LogP contribution in [0.15, 0.2) is 18.2 Å². The number of aliphatic hydroxyl groups excluding tert-OH is 1. The molecule has 1 aromatic rings. The van der Waals surface area contributed by atoms with Gasteiger partial charge >= 0.3 is 0 Å². The van der Waals surface area contributed by atoms with Crippen molar-refractivity contribution in [1.82, 2.24) is 0 Å². The van der Waals surface area contributed by atoms with Crippen molar-refractivity contribution in [3.63, 3.8) is 0 Å². The minimum Gasteiger partial charge on any atom is -0.490 e. The molecule has 2 rings (SSSR count). The van der Waals surface area contributed by atoms with Gasteiger partial charge in [0.2, 0.25) is 0 Å². The maximum Gasteiger partial charge on any atom is 0.126 e. The number of rotatable bonds is 4. The third-order valence-corrected chi connectivity index (χ3v) is 4.25. The van der Waals surface area contributed by atoms with E-state index in [1.54, 1.807) is 6.07 Å². The standard InChI is InChI=1S/C15H21ClO2/c1-2-11-6-8-12(9-7-11)18-15-5-3-4-14(16)13(15)10-17/h3-5,11-12,17H,2,6-10H2,1H3. The number of benzene rings is 1. The van der Waals surface area contributed by atoms with Gasteiger partial charge in [0.25, 0.3) is 0 Å². The topological polar surface area (TPSA) is 29.5 Å². The van der Waals surface area contributed by atoms with Crippen LogP contribution in [0.3, 0.4) is 0 Å². The molecule has 3 heteroatoms. The number of hydrogen-bond acceptors (Lipinski definition) is 2. The lowest BCUT2D eigenvalue weighted by Crippen LogP contribution is -2.24. The number of aliphatic hydroxyl groups is 1. The van der Waals surface area contributed by atoms with Gasteiger partial charge in [-0.05, 0) is 43.7 Å². The van der Waals surface area contributed by atoms with E-state index >= 15 is 0 Å². The third-order valence-electron chi connectivity index (χ3n) is 3.90. The molecule has 0 saturated heterocycles. The van der Waals surface area contributed by atoms with Crippen LogP contribution in [0.4, 0.5) is 0 Å². The van der Waals surface area contributed by atoms with Gasteiger partial charge in [-0.3, -0.25) is 0 Å². The van der Waals surface area contributed by atoms with E-state index in [4.69, 9.17) is 16.3 Å². The van der Waals surface area contributed by atoms with Crippen molar-refractivity contribution in [3.05, 3.63) is 28.8 Å². The molecule has 1 fully saturated rings. The average Bonchev–Trinajstić information content (AvgIpc) is 2.40. The largest absolute Gasteiger partial charge is 0.490 e. The molecule has 0 bridgehead atoms. The first-order chi connectivity index (χ1) is 8.74. The molecule has 1 aromatic carbocycles. The summed E-state index contributed by atoms with van der Waals surface area (Å²) in [7, 11) is 0. The number of halogens is 1. The molecule has 0 aliphatic heterocycles. The van der Waals surface area contributed by atoms with E-state index in [0.29, 0.717) is 10.6 Å². The van der Waals surface area contributed by atoms with Crippen LogP contribution in [-0.4, -0.2) is 11.2 Å². The summed E-state index contributed by atoms with van der Waals surface area (Å²) in [6.07, 6.45) is 6.25. The van der Waals surface area contributed by atoms with Crippen molar-refractivity contribution in [1.29, 1.82) is 0 Å². The summed E-state index contributed by atoms with van der Waals surface area (Å²) in [6, 6.07) is 5.55. The fraction of sp³-hybridized carbons (Fsp3) is 0.600. The Morgan fingerprint density at radius 1 is 1.28 bits per heavy atom. The summed E-state index contributed by atoms with van der Waals surface area (Å²) in [6.45, 7) is 2.19. The monoisotopic (exact) mass is 268 g/mol. The van der Waals surface area contributed by atoms with Crippen LogP contribution in [0, 0.1) is 5.92 Å². The molecule has 0 amide bonds. The molecule has 0 atom stereocenters. The van der Waals surface area contributed by atoms with E-state index in [9.17, 15) is 5.11 Å². The van der Waals surface area contributed by atoms with E-state index in [0.717, 1.165) is 24.5 Å². The predicted molar refractivity (Wildman–Crippen MR) is 74.0 cm³/mol. The molecule has 0 heterocycles. The van der Waals surface area contributed by atoms with Crippen LogP contribution in [-0.2, 0) is 6.61 Å². The van der Waals surface area contributed by atoms with Gasteiger partial charge in [0.15, 0.2) is 0 Å². The van der Waals surface area contributed by atoms with Crippen LogP contribution in [0.25, 0.3) is 0 Å². The lowest BCUT2D eigenvalue weighted by molar-refractivity contribution is 0.126. The predicted octanol–water partition coefficient (Wildman–Crippen LogP) is 4.18. The molecule has 0 aromatic heterocycles. The second-order valence-corrected chi connectivity index (χ2v) is 5.45. The van der Waals surface area contributed by atoms with Gasteiger partial charge < -0.3 is 9.84 Å². The average molecular weight is 269 g/mol. The van der Waals surface area contributed by atoms with Crippen molar-refractivity contribution in [2.75, 3.05) is 0 Å². The molecule has 18 heavy (non-hydrogen) atoms.